The molecule has 2 aromatic carbocycles. The van der Waals surface area contributed by atoms with E-state index in [1.165, 1.54) is 10.8 Å². The zero-order chi connectivity index (χ0) is 13.5. The number of nitrogens with zero attached hydrogens (tertiary/aromatic N) is 3. The Balaban J connectivity index is 2.01. The normalized spacial score (nSPS) is 11.2. The fraction of sp³-hybridized carbons (Fsp3) is 0. The number of pyridine rings is 1. The van der Waals surface area contributed by atoms with Gasteiger partial charge in [-0.2, -0.15) is 0 Å². The molecule has 0 unspecified atom stereocenters. The second-order valence-electron chi connectivity index (χ2n) is 4.73. The molecular formula is C16H10N3Tl. The molecule has 3 nitrogen and oxygen atoms in total. The molecule has 4 rings (SSSR count). The number of rotatable bonds is 1. The van der Waals surface area contributed by atoms with E-state index in [2.05, 4.69) is 53.5 Å². The number of aromatic nitrogens is 3. The van der Waals surface area contributed by atoms with Gasteiger partial charge in [0.2, 0.25) is 0 Å². The molecule has 0 aliphatic carbocycles. The van der Waals surface area contributed by atoms with E-state index in [-0.39, 0.29) is 0 Å². The van der Waals surface area contributed by atoms with Gasteiger partial charge in [-0.1, -0.05) is 0 Å². The summed E-state index contributed by atoms with van der Waals surface area (Å²) >= 11 is 0.640. The van der Waals surface area contributed by atoms with Crippen LogP contribution < -0.4 is 0 Å². The Morgan fingerprint density at radius 1 is 0.900 bits per heavy atom. The van der Waals surface area contributed by atoms with Crippen LogP contribution in [0.3, 0.4) is 0 Å². The Hall–Kier alpha value is -1.76. The monoisotopic (exact) mass is 449 g/mol. The molecule has 0 spiro atoms. The molecular weight excluding hydrogens is 439 g/mol. The molecule has 4 aromatic rings. The van der Waals surface area contributed by atoms with Crippen LogP contribution in [0, 0.1) is 0 Å². The van der Waals surface area contributed by atoms with Crippen LogP contribution in [0.5, 0.6) is 0 Å². The maximum absolute atomic E-state index is 4.70. The summed E-state index contributed by atoms with van der Waals surface area (Å²) in [6, 6.07) is 18.9. The van der Waals surface area contributed by atoms with Gasteiger partial charge in [0, 0.05) is 0 Å². The Labute approximate surface area is 132 Å². The number of hydrogen-bond donors (Lipinski definition) is 0. The van der Waals surface area contributed by atoms with Gasteiger partial charge in [-0.25, -0.2) is 0 Å². The molecule has 0 amide bonds. The van der Waals surface area contributed by atoms with E-state index >= 15 is 0 Å². The van der Waals surface area contributed by atoms with Gasteiger partial charge in [0.25, 0.3) is 0 Å². The third-order valence-electron chi connectivity index (χ3n) is 3.49. The first-order valence-corrected chi connectivity index (χ1v) is 8.42. The van der Waals surface area contributed by atoms with E-state index in [4.69, 9.17) is 5.10 Å². The van der Waals surface area contributed by atoms with Crippen molar-refractivity contribution in [3.05, 3.63) is 60.8 Å². The van der Waals surface area contributed by atoms with Gasteiger partial charge >= 0.3 is 132 Å². The van der Waals surface area contributed by atoms with Gasteiger partial charge in [0.05, 0.1) is 0 Å². The van der Waals surface area contributed by atoms with Crippen LogP contribution in [-0.4, -0.2) is 38.6 Å². The molecule has 2 heterocycles. The SMILES string of the molecule is [Tl][n]1nc(-c2ccc3ccccc3c2)c2ncccc21. The Bertz CT molecular complexity index is 927. The topological polar surface area (TPSA) is 30.7 Å². The summed E-state index contributed by atoms with van der Waals surface area (Å²) in [7, 11) is 0. The number of benzene rings is 2. The van der Waals surface area contributed by atoms with Crippen LogP contribution in [0.25, 0.3) is 33.1 Å². The van der Waals surface area contributed by atoms with Crippen molar-refractivity contribution in [3.8, 4) is 11.3 Å². The van der Waals surface area contributed by atoms with Gasteiger partial charge in [-0.15, -0.1) is 0 Å². The summed E-state index contributed by atoms with van der Waals surface area (Å²) in [5, 5.41) is 7.18. The van der Waals surface area contributed by atoms with Gasteiger partial charge in [0.1, 0.15) is 0 Å². The third kappa shape index (κ3) is 1.84. The number of hydrogen-bond acceptors (Lipinski definition) is 2. The molecule has 0 saturated heterocycles. The van der Waals surface area contributed by atoms with Crippen LogP contribution in [0.15, 0.2) is 60.8 Å². The molecule has 0 fully saturated rings. The summed E-state index contributed by atoms with van der Waals surface area (Å²) in [5.74, 6) is 0. The van der Waals surface area contributed by atoms with Gasteiger partial charge < -0.3 is 0 Å². The summed E-state index contributed by atoms with van der Waals surface area (Å²) < 4.78 is 2.05. The van der Waals surface area contributed by atoms with Crippen molar-refractivity contribution >= 4 is 47.9 Å². The summed E-state index contributed by atoms with van der Waals surface area (Å²) in [6.45, 7) is 0. The van der Waals surface area contributed by atoms with Gasteiger partial charge in [-0.05, 0) is 0 Å². The Morgan fingerprint density at radius 2 is 1.75 bits per heavy atom. The molecule has 92 valence electrons. The molecule has 0 aliphatic heterocycles. The van der Waals surface area contributed by atoms with E-state index in [1.807, 2.05) is 14.8 Å². The Kier molecular flexibility index (Phi) is 2.80. The summed E-state index contributed by atoms with van der Waals surface area (Å²) in [4.78, 5) is 4.50. The molecule has 20 heavy (non-hydrogen) atoms. The van der Waals surface area contributed by atoms with Crippen molar-refractivity contribution < 1.29 is 0 Å². The van der Waals surface area contributed by atoms with E-state index < -0.39 is 0 Å². The first kappa shape index (κ1) is 12.0. The molecule has 0 bridgehead atoms. The average molecular weight is 449 g/mol. The second kappa shape index (κ2) is 4.66. The Morgan fingerprint density at radius 3 is 2.65 bits per heavy atom. The standard InChI is InChI=1S/C16H10N3.Tl/c1-2-5-12-10-13(8-7-11(12)4-1)15-16-14(18-19-15)6-3-9-17-16;/h1-10H;/q-1;+1. The van der Waals surface area contributed by atoms with E-state index in [0.717, 1.165) is 22.3 Å². The van der Waals surface area contributed by atoms with Crippen LogP contribution in [0.4, 0.5) is 0 Å². The summed E-state index contributed by atoms with van der Waals surface area (Å²) in [5.41, 5.74) is 4.23. The van der Waals surface area contributed by atoms with Crippen molar-refractivity contribution in [3.63, 3.8) is 0 Å². The van der Waals surface area contributed by atoms with Crippen molar-refractivity contribution in [2.75, 3.05) is 0 Å². The first-order chi connectivity index (χ1) is 9.83. The van der Waals surface area contributed by atoms with Crippen LogP contribution >= 0.6 is 0 Å². The molecule has 0 radical (unpaired) electrons. The maximum atomic E-state index is 4.70. The third-order valence-corrected chi connectivity index (χ3v) is 5.02. The number of fused-ring (bicyclic) bond motifs is 2. The molecule has 4 heteroatoms. The average Bonchev–Trinajstić information content (AvgIpc) is 2.85. The summed E-state index contributed by atoms with van der Waals surface area (Å²) in [6.07, 6.45) is 1.83. The molecule has 0 aliphatic rings. The zero-order valence-electron chi connectivity index (χ0n) is 10.7. The van der Waals surface area contributed by atoms with Crippen molar-refractivity contribution in [1.29, 1.82) is 0 Å². The van der Waals surface area contributed by atoms with E-state index in [0.29, 0.717) is 26.1 Å². The predicted molar refractivity (Wildman–Crippen MR) is 81.6 cm³/mol. The second-order valence-corrected chi connectivity index (χ2v) is 6.63. The quantitative estimate of drug-likeness (QED) is 0.419. The van der Waals surface area contributed by atoms with Crippen molar-refractivity contribution in [2.24, 2.45) is 0 Å². The minimum absolute atomic E-state index is 0.640. The van der Waals surface area contributed by atoms with Crippen LogP contribution in [0.1, 0.15) is 0 Å². The van der Waals surface area contributed by atoms with Crippen molar-refractivity contribution in [1.82, 2.24) is 12.6 Å². The van der Waals surface area contributed by atoms with E-state index in [9.17, 15) is 0 Å². The van der Waals surface area contributed by atoms with Crippen LogP contribution in [-0.2, 0) is 0 Å². The fourth-order valence-electron chi connectivity index (χ4n) is 2.50. The van der Waals surface area contributed by atoms with Gasteiger partial charge in [-0.3, -0.25) is 0 Å². The van der Waals surface area contributed by atoms with Crippen molar-refractivity contribution in [2.45, 2.75) is 0 Å². The molecule has 0 saturated carbocycles. The van der Waals surface area contributed by atoms with Crippen LogP contribution in [0.2, 0.25) is 0 Å². The van der Waals surface area contributed by atoms with E-state index in [1.54, 1.807) is 0 Å². The molecule has 2 aromatic heterocycles. The molecule has 0 N–H and O–H groups in total. The molecule has 0 atom stereocenters. The van der Waals surface area contributed by atoms with Gasteiger partial charge in [0.15, 0.2) is 0 Å². The first-order valence-electron chi connectivity index (χ1n) is 6.41. The fourth-order valence-corrected chi connectivity index (χ4v) is 3.76. The zero-order valence-corrected chi connectivity index (χ0v) is 15.2. The minimum atomic E-state index is 0.640. The predicted octanol–water partition coefficient (Wildman–Crippen LogP) is 3.18.